The molecule has 1 fully saturated rings. The molecule has 0 aromatic rings. The minimum Gasteiger partial charge on any atom is -0.393 e. The highest BCUT2D eigenvalue weighted by molar-refractivity contribution is 5.77. The smallest absolute Gasteiger partial charge is 0.246 e. The van der Waals surface area contributed by atoms with Gasteiger partial charge in [0, 0.05) is 6.54 Å². The fourth-order valence-electron chi connectivity index (χ4n) is 2.69. The van der Waals surface area contributed by atoms with Crippen molar-refractivity contribution in [2.45, 2.75) is 71.5 Å². The van der Waals surface area contributed by atoms with Gasteiger partial charge in [0.15, 0.2) is 0 Å². The van der Waals surface area contributed by atoms with Crippen molar-refractivity contribution < 1.29 is 14.6 Å². The van der Waals surface area contributed by atoms with Crippen LogP contribution in [0.25, 0.3) is 0 Å². The van der Waals surface area contributed by atoms with Crippen molar-refractivity contribution in [3.8, 4) is 0 Å². The number of hydrogen-bond donors (Lipinski definition) is 2. The minimum absolute atomic E-state index is 0.0516. The SMILES string of the molecule is CC(O)CC(C)(C)CNC(=O)COC1CCCCC1. The molecule has 0 saturated heterocycles. The van der Waals surface area contributed by atoms with Crippen LogP contribution in [0, 0.1) is 5.41 Å². The zero-order valence-corrected chi connectivity index (χ0v) is 12.6. The van der Waals surface area contributed by atoms with E-state index in [1.54, 1.807) is 6.92 Å². The second-order valence-corrected chi connectivity index (χ2v) is 6.57. The van der Waals surface area contributed by atoms with E-state index >= 15 is 0 Å². The van der Waals surface area contributed by atoms with Gasteiger partial charge >= 0.3 is 0 Å². The van der Waals surface area contributed by atoms with E-state index < -0.39 is 0 Å². The number of nitrogens with one attached hydrogen (secondary N) is 1. The van der Waals surface area contributed by atoms with E-state index in [-0.39, 0.29) is 30.1 Å². The molecule has 1 aliphatic rings. The van der Waals surface area contributed by atoms with Crippen LogP contribution in [-0.2, 0) is 9.53 Å². The van der Waals surface area contributed by atoms with Gasteiger partial charge < -0.3 is 15.2 Å². The fourth-order valence-corrected chi connectivity index (χ4v) is 2.69. The van der Waals surface area contributed by atoms with Gasteiger partial charge in [-0.05, 0) is 31.6 Å². The summed E-state index contributed by atoms with van der Waals surface area (Å²) in [7, 11) is 0. The first-order valence-corrected chi connectivity index (χ1v) is 7.45. The van der Waals surface area contributed by atoms with Gasteiger partial charge in [-0.3, -0.25) is 4.79 Å². The molecule has 4 nitrogen and oxygen atoms in total. The molecule has 1 rings (SSSR count). The molecule has 0 heterocycles. The second-order valence-electron chi connectivity index (χ2n) is 6.57. The van der Waals surface area contributed by atoms with Crippen LogP contribution < -0.4 is 5.32 Å². The Balaban J connectivity index is 2.16. The Hall–Kier alpha value is -0.610. The molecule has 19 heavy (non-hydrogen) atoms. The molecule has 1 atom stereocenters. The summed E-state index contributed by atoms with van der Waals surface area (Å²) in [6.07, 6.45) is 6.50. The third-order valence-electron chi connectivity index (χ3n) is 3.61. The molecule has 112 valence electrons. The van der Waals surface area contributed by atoms with Crippen molar-refractivity contribution in [1.82, 2.24) is 5.32 Å². The van der Waals surface area contributed by atoms with E-state index in [9.17, 15) is 9.90 Å². The molecule has 0 aliphatic heterocycles. The van der Waals surface area contributed by atoms with Gasteiger partial charge in [0.2, 0.25) is 5.91 Å². The Kier molecular flexibility index (Phi) is 6.80. The molecule has 0 aromatic heterocycles. The predicted octanol–water partition coefficient (Wildman–Crippen LogP) is 2.25. The Labute approximate surface area is 116 Å². The van der Waals surface area contributed by atoms with E-state index in [1.807, 2.05) is 13.8 Å². The average Bonchev–Trinajstić information content (AvgIpc) is 2.34. The van der Waals surface area contributed by atoms with Crippen LogP contribution in [0.15, 0.2) is 0 Å². The lowest BCUT2D eigenvalue weighted by Crippen LogP contribution is -2.38. The number of rotatable bonds is 7. The van der Waals surface area contributed by atoms with Crippen molar-refractivity contribution >= 4 is 5.91 Å². The first-order chi connectivity index (χ1) is 8.89. The first-order valence-electron chi connectivity index (χ1n) is 7.45. The molecular formula is C15H29NO3. The van der Waals surface area contributed by atoms with Crippen molar-refractivity contribution in [3.63, 3.8) is 0 Å². The lowest BCUT2D eigenvalue weighted by Gasteiger charge is -2.27. The predicted molar refractivity (Wildman–Crippen MR) is 75.9 cm³/mol. The van der Waals surface area contributed by atoms with E-state index in [0.29, 0.717) is 13.0 Å². The van der Waals surface area contributed by atoms with Crippen molar-refractivity contribution in [2.75, 3.05) is 13.2 Å². The maximum atomic E-state index is 11.7. The van der Waals surface area contributed by atoms with Gasteiger partial charge in [-0.1, -0.05) is 33.1 Å². The quantitative estimate of drug-likeness (QED) is 0.746. The van der Waals surface area contributed by atoms with Crippen LogP contribution in [0.4, 0.5) is 0 Å². The normalized spacial score (nSPS) is 19.2. The fraction of sp³-hybridized carbons (Fsp3) is 0.933. The van der Waals surface area contributed by atoms with Crippen molar-refractivity contribution in [3.05, 3.63) is 0 Å². The summed E-state index contributed by atoms with van der Waals surface area (Å²) in [5.41, 5.74) is -0.0886. The molecule has 0 bridgehead atoms. The third kappa shape index (κ3) is 7.53. The van der Waals surface area contributed by atoms with Crippen LogP contribution in [0.3, 0.4) is 0 Å². The van der Waals surface area contributed by atoms with Crippen molar-refractivity contribution in [1.29, 1.82) is 0 Å². The van der Waals surface area contributed by atoms with Gasteiger partial charge in [-0.2, -0.15) is 0 Å². The average molecular weight is 271 g/mol. The molecule has 4 heteroatoms. The highest BCUT2D eigenvalue weighted by Crippen LogP contribution is 2.21. The largest absolute Gasteiger partial charge is 0.393 e. The maximum Gasteiger partial charge on any atom is 0.246 e. The topological polar surface area (TPSA) is 58.6 Å². The lowest BCUT2D eigenvalue weighted by molar-refractivity contribution is -0.128. The lowest BCUT2D eigenvalue weighted by atomic mass is 9.87. The number of carbonyl (C=O) groups excluding carboxylic acids is 1. The highest BCUT2D eigenvalue weighted by Gasteiger charge is 2.21. The third-order valence-corrected chi connectivity index (χ3v) is 3.61. The van der Waals surface area contributed by atoms with Crippen LogP contribution in [0.1, 0.15) is 59.3 Å². The number of hydrogen-bond acceptors (Lipinski definition) is 3. The van der Waals surface area contributed by atoms with E-state index in [2.05, 4.69) is 5.32 Å². The van der Waals surface area contributed by atoms with Gasteiger partial charge in [0.1, 0.15) is 6.61 Å². The zero-order valence-electron chi connectivity index (χ0n) is 12.6. The number of aliphatic hydroxyl groups excluding tert-OH is 1. The minimum atomic E-state index is -0.342. The second kappa shape index (κ2) is 7.85. The summed E-state index contributed by atoms with van der Waals surface area (Å²) < 4.78 is 5.63. The molecule has 0 aromatic carbocycles. The zero-order chi connectivity index (χ0) is 14.3. The molecule has 0 radical (unpaired) electrons. The standard InChI is InChI=1S/C15H29NO3/c1-12(17)9-15(2,3)11-16-14(18)10-19-13-7-5-4-6-8-13/h12-13,17H,4-11H2,1-3H3,(H,16,18). The number of ether oxygens (including phenoxy) is 1. The van der Waals surface area contributed by atoms with Crippen LogP contribution in [0.2, 0.25) is 0 Å². The molecule has 1 saturated carbocycles. The molecule has 1 unspecified atom stereocenters. The van der Waals surface area contributed by atoms with Gasteiger partial charge in [-0.25, -0.2) is 0 Å². The molecule has 0 spiro atoms. The summed E-state index contributed by atoms with van der Waals surface area (Å²) in [6.45, 7) is 6.60. The summed E-state index contributed by atoms with van der Waals surface area (Å²) in [5, 5.41) is 12.3. The summed E-state index contributed by atoms with van der Waals surface area (Å²) in [5.74, 6) is -0.0516. The van der Waals surface area contributed by atoms with Gasteiger partial charge in [0.25, 0.3) is 0 Å². The van der Waals surface area contributed by atoms with Crippen molar-refractivity contribution in [2.24, 2.45) is 5.41 Å². The van der Waals surface area contributed by atoms with Crippen LogP contribution in [-0.4, -0.2) is 36.4 Å². The van der Waals surface area contributed by atoms with Crippen LogP contribution in [0.5, 0.6) is 0 Å². The molecule has 1 aliphatic carbocycles. The van der Waals surface area contributed by atoms with Gasteiger partial charge in [-0.15, -0.1) is 0 Å². The first kappa shape index (κ1) is 16.4. The Morgan fingerprint density at radius 2 is 2.00 bits per heavy atom. The Morgan fingerprint density at radius 3 is 2.58 bits per heavy atom. The highest BCUT2D eigenvalue weighted by atomic mass is 16.5. The van der Waals surface area contributed by atoms with E-state index in [1.165, 1.54) is 19.3 Å². The molecule has 2 N–H and O–H groups in total. The van der Waals surface area contributed by atoms with E-state index in [4.69, 9.17) is 4.74 Å². The number of amides is 1. The number of aliphatic hydroxyl groups is 1. The summed E-state index contributed by atoms with van der Waals surface area (Å²) >= 11 is 0. The molecular weight excluding hydrogens is 242 g/mol. The summed E-state index contributed by atoms with van der Waals surface area (Å²) in [4.78, 5) is 11.7. The Bertz CT molecular complexity index is 271. The molecule has 1 amide bonds. The number of carbonyl (C=O) groups is 1. The van der Waals surface area contributed by atoms with Gasteiger partial charge in [0.05, 0.1) is 12.2 Å². The summed E-state index contributed by atoms with van der Waals surface area (Å²) in [6, 6.07) is 0. The monoisotopic (exact) mass is 271 g/mol. The van der Waals surface area contributed by atoms with Crippen LogP contribution >= 0.6 is 0 Å². The van der Waals surface area contributed by atoms with E-state index in [0.717, 1.165) is 12.8 Å². The maximum absolute atomic E-state index is 11.7. The Morgan fingerprint density at radius 1 is 1.37 bits per heavy atom.